The second kappa shape index (κ2) is 4.37. The number of ether oxygens (including phenoxy) is 1. The molecule has 1 unspecified atom stereocenters. The van der Waals surface area contributed by atoms with Crippen LogP contribution in [0.1, 0.15) is 25.0 Å². The number of carbonyl (C=O) groups is 1. The van der Waals surface area contributed by atoms with Gasteiger partial charge < -0.3 is 4.74 Å². The summed E-state index contributed by atoms with van der Waals surface area (Å²) >= 11 is 0. The van der Waals surface area contributed by atoms with Gasteiger partial charge in [0.1, 0.15) is 6.10 Å². The van der Waals surface area contributed by atoms with Crippen molar-refractivity contribution in [1.82, 2.24) is 0 Å². The topological polar surface area (TPSA) is 69.4 Å². The number of rotatable bonds is 2. The number of allylic oxidation sites excluding steroid dienone is 2. The molecule has 0 N–H and O–H groups in total. The first-order chi connectivity index (χ1) is 8.06. The molecule has 0 saturated heterocycles. The molecule has 0 radical (unpaired) electrons. The Morgan fingerprint density at radius 2 is 2.24 bits per heavy atom. The van der Waals surface area contributed by atoms with Crippen molar-refractivity contribution < 1.29 is 14.5 Å². The molecule has 1 aliphatic rings. The molecule has 17 heavy (non-hydrogen) atoms. The van der Waals surface area contributed by atoms with Gasteiger partial charge in [0, 0.05) is 18.2 Å². The van der Waals surface area contributed by atoms with Crippen molar-refractivity contribution >= 4 is 11.5 Å². The fourth-order valence-corrected chi connectivity index (χ4v) is 1.79. The maximum atomic E-state index is 11.4. The number of nitrogens with zero attached hydrogens (tertiary/aromatic N) is 1. The summed E-state index contributed by atoms with van der Waals surface area (Å²) in [7, 11) is 0. The fraction of sp³-hybridized carbons (Fsp3) is 0.250. The highest BCUT2D eigenvalue weighted by atomic mass is 16.6. The Labute approximate surface area is 97.9 Å². The highest BCUT2D eigenvalue weighted by molar-refractivity contribution is 5.91. The van der Waals surface area contributed by atoms with Crippen LogP contribution in [-0.4, -0.2) is 10.7 Å². The molecule has 5 nitrogen and oxygen atoms in total. The van der Waals surface area contributed by atoms with Gasteiger partial charge in [-0.3, -0.25) is 14.9 Å². The molecule has 1 aliphatic heterocycles. The molecule has 1 atom stereocenters. The maximum absolute atomic E-state index is 11.4. The van der Waals surface area contributed by atoms with Crippen molar-refractivity contribution in [2.45, 2.75) is 19.4 Å². The molecule has 1 heterocycles. The van der Waals surface area contributed by atoms with E-state index in [9.17, 15) is 14.9 Å². The molecule has 0 aromatic heterocycles. The summed E-state index contributed by atoms with van der Waals surface area (Å²) in [4.78, 5) is 21.6. The second-order valence-corrected chi connectivity index (χ2v) is 3.88. The van der Waals surface area contributed by atoms with E-state index in [4.69, 9.17) is 4.74 Å². The van der Waals surface area contributed by atoms with Crippen molar-refractivity contribution in [1.29, 1.82) is 0 Å². The fourth-order valence-electron chi connectivity index (χ4n) is 1.79. The molecule has 0 fully saturated rings. The zero-order valence-corrected chi connectivity index (χ0v) is 9.25. The lowest BCUT2D eigenvalue weighted by Crippen LogP contribution is -2.14. The van der Waals surface area contributed by atoms with Crippen LogP contribution in [0, 0.1) is 10.1 Å². The number of nitro benzene ring substituents is 1. The number of ketones is 1. The summed E-state index contributed by atoms with van der Waals surface area (Å²) in [5.74, 6) is 0.517. The standard InChI is InChI=1S/C12H11NO4/c1-8-5-11(14)7-12(17-8)9-3-2-4-10(6-9)13(15)16/h2-6,12H,7H2,1H3. The van der Waals surface area contributed by atoms with Gasteiger partial charge >= 0.3 is 0 Å². The van der Waals surface area contributed by atoms with Gasteiger partial charge in [-0.2, -0.15) is 0 Å². The van der Waals surface area contributed by atoms with Crippen LogP contribution in [0.2, 0.25) is 0 Å². The number of carbonyl (C=O) groups excluding carboxylic acids is 1. The average Bonchev–Trinajstić information content (AvgIpc) is 2.28. The Balaban J connectivity index is 2.29. The van der Waals surface area contributed by atoms with E-state index < -0.39 is 11.0 Å². The Hall–Kier alpha value is -2.17. The van der Waals surface area contributed by atoms with E-state index in [-0.39, 0.29) is 17.9 Å². The van der Waals surface area contributed by atoms with Crippen LogP contribution in [-0.2, 0) is 9.53 Å². The summed E-state index contributed by atoms with van der Waals surface area (Å²) in [6, 6.07) is 6.17. The van der Waals surface area contributed by atoms with Crippen molar-refractivity contribution in [2.75, 3.05) is 0 Å². The Morgan fingerprint density at radius 1 is 1.47 bits per heavy atom. The first-order valence-electron chi connectivity index (χ1n) is 5.18. The molecule has 5 heteroatoms. The molecule has 2 rings (SSSR count). The third-order valence-corrected chi connectivity index (χ3v) is 2.53. The van der Waals surface area contributed by atoms with Gasteiger partial charge in [-0.05, 0) is 12.5 Å². The number of non-ortho nitro benzene ring substituents is 1. The van der Waals surface area contributed by atoms with Gasteiger partial charge in [0.05, 0.1) is 17.1 Å². The van der Waals surface area contributed by atoms with Gasteiger partial charge in [0.15, 0.2) is 5.78 Å². The van der Waals surface area contributed by atoms with Crippen LogP contribution in [0.25, 0.3) is 0 Å². The zero-order valence-electron chi connectivity index (χ0n) is 9.25. The summed E-state index contributed by atoms with van der Waals surface area (Å²) < 4.78 is 5.50. The predicted molar refractivity (Wildman–Crippen MR) is 60.3 cm³/mol. The van der Waals surface area contributed by atoms with Crippen molar-refractivity contribution in [3.05, 3.63) is 51.8 Å². The van der Waals surface area contributed by atoms with Gasteiger partial charge in [-0.1, -0.05) is 12.1 Å². The van der Waals surface area contributed by atoms with Gasteiger partial charge in [-0.15, -0.1) is 0 Å². The first kappa shape index (κ1) is 11.3. The van der Waals surface area contributed by atoms with Crippen LogP contribution in [0.15, 0.2) is 36.1 Å². The number of hydrogen-bond donors (Lipinski definition) is 0. The van der Waals surface area contributed by atoms with Crippen molar-refractivity contribution in [3.63, 3.8) is 0 Å². The Kier molecular flexibility index (Phi) is 2.91. The zero-order chi connectivity index (χ0) is 12.4. The van der Waals surface area contributed by atoms with Crippen molar-refractivity contribution in [2.24, 2.45) is 0 Å². The highest BCUT2D eigenvalue weighted by Crippen LogP contribution is 2.30. The Bertz CT molecular complexity index is 507. The molecular weight excluding hydrogens is 222 g/mol. The molecule has 0 spiro atoms. The van der Waals surface area contributed by atoms with E-state index in [2.05, 4.69) is 0 Å². The lowest BCUT2D eigenvalue weighted by atomic mass is 10.0. The van der Waals surface area contributed by atoms with Crippen LogP contribution in [0.5, 0.6) is 0 Å². The molecule has 0 saturated carbocycles. The predicted octanol–water partition coefficient (Wildman–Crippen LogP) is 2.53. The summed E-state index contributed by atoms with van der Waals surface area (Å²) in [5.41, 5.74) is 0.658. The molecule has 1 aromatic carbocycles. The SMILES string of the molecule is CC1=CC(=O)CC(c2cccc([N+](=O)[O-])c2)O1. The van der Waals surface area contributed by atoms with E-state index in [0.717, 1.165) is 0 Å². The Morgan fingerprint density at radius 3 is 2.88 bits per heavy atom. The summed E-state index contributed by atoms with van der Waals surface area (Å²) in [5, 5.41) is 10.7. The highest BCUT2D eigenvalue weighted by Gasteiger charge is 2.22. The molecule has 0 bridgehead atoms. The molecule has 88 valence electrons. The molecule has 1 aromatic rings. The lowest BCUT2D eigenvalue weighted by Gasteiger charge is -2.22. The largest absolute Gasteiger partial charge is 0.490 e. The minimum atomic E-state index is -0.461. The number of benzene rings is 1. The molecular formula is C12H11NO4. The average molecular weight is 233 g/mol. The number of nitro groups is 1. The van der Waals surface area contributed by atoms with E-state index >= 15 is 0 Å². The van der Waals surface area contributed by atoms with Crippen LogP contribution in [0.3, 0.4) is 0 Å². The second-order valence-electron chi connectivity index (χ2n) is 3.88. The molecule has 0 aliphatic carbocycles. The van der Waals surface area contributed by atoms with Gasteiger partial charge in [-0.25, -0.2) is 0 Å². The van der Waals surface area contributed by atoms with Crippen LogP contribution >= 0.6 is 0 Å². The lowest BCUT2D eigenvalue weighted by molar-refractivity contribution is -0.385. The summed E-state index contributed by atoms with van der Waals surface area (Å²) in [6.07, 6.45) is 1.24. The first-order valence-corrected chi connectivity index (χ1v) is 5.18. The van der Waals surface area contributed by atoms with E-state index in [1.807, 2.05) is 0 Å². The third-order valence-electron chi connectivity index (χ3n) is 2.53. The summed E-state index contributed by atoms with van der Waals surface area (Å²) in [6.45, 7) is 1.70. The normalized spacial score (nSPS) is 19.5. The van der Waals surface area contributed by atoms with E-state index in [1.54, 1.807) is 19.1 Å². The molecule has 0 amide bonds. The quantitative estimate of drug-likeness (QED) is 0.581. The minimum absolute atomic E-state index is 0.00533. The third kappa shape index (κ3) is 2.50. The van der Waals surface area contributed by atoms with Crippen LogP contribution in [0.4, 0.5) is 5.69 Å². The maximum Gasteiger partial charge on any atom is 0.269 e. The monoisotopic (exact) mass is 233 g/mol. The van der Waals surface area contributed by atoms with Gasteiger partial charge in [0.2, 0.25) is 0 Å². The van der Waals surface area contributed by atoms with Gasteiger partial charge in [0.25, 0.3) is 5.69 Å². The van der Waals surface area contributed by atoms with E-state index in [0.29, 0.717) is 11.3 Å². The van der Waals surface area contributed by atoms with E-state index in [1.165, 1.54) is 18.2 Å². The smallest absolute Gasteiger partial charge is 0.269 e. The number of hydrogen-bond acceptors (Lipinski definition) is 4. The van der Waals surface area contributed by atoms with Crippen LogP contribution < -0.4 is 0 Å². The van der Waals surface area contributed by atoms with Crippen molar-refractivity contribution in [3.8, 4) is 0 Å². The minimum Gasteiger partial charge on any atom is -0.490 e.